The van der Waals surface area contributed by atoms with Gasteiger partial charge in [0, 0.05) is 12.5 Å². The number of β-lactam (4-membered cyclic amide) rings is 1. The molecule has 1 spiro atoms. The average molecular weight is 375 g/mol. The van der Waals surface area contributed by atoms with E-state index < -0.39 is 29.2 Å². The maximum absolute atomic E-state index is 13.7. The van der Waals surface area contributed by atoms with E-state index in [1.807, 2.05) is 13.0 Å². The van der Waals surface area contributed by atoms with Crippen molar-refractivity contribution in [3.8, 4) is 0 Å². The van der Waals surface area contributed by atoms with Crippen molar-refractivity contribution in [3.63, 3.8) is 0 Å². The van der Waals surface area contributed by atoms with Crippen LogP contribution in [0.25, 0.3) is 0 Å². The lowest BCUT2D eigenvalue weighted by Gasteiger charge is -2.49. The van der Waals surface area contributed by atoms with Gasteiger partial charge in [0.2, 0.25) is 11.5 Å². The summed E-state index contributed by atoms with van der Waals surface area (Å²) in [4.78, 5) is 39.1. The van der Waals surface area contributed by atoms with E-state index in [1.54, 1.807) is 24.3 Å². The first-order valence-corrected chi connectivity index (χ1v) is 9.05. The number of benzene rings is 1. The Hall–Kier alpha value is -2.61. The molecule has 4 atom stereocenters. The number of nitrogens with zero attached hydrogens (tertiary/aromatic N) is 1. The minimum Gasteiger partial charge on any atom is -0.430 e. The van der Waals surface area contributed by atoms with Gasteiger partial charge in [-0.05, 0) is 32.3 Å². The van der Waals surface area contributed by atoms with Gasteiger partial charge in [0.05, 0.1) is 6.54 Å². The highest BCUT2D eigenvalue weighted by atomic mass is 16.6. The molecular formula is C19H25N3O5. The molecule has 0 saturated carbocycles. The van der Waals surface area contributed by atoms with Gasteiger partial charge in [-0.1, -0.05) is 30.3 Å². The number of carbonyl (C=O) groups is 3. The molecule has 3 rings (SSSR count). The number of hydrogen-bond acceptors (Lipinski definition) is 5. The van der Waals surface area contributed by atoms with Gasteiger partial charge in [-0.2, -0.15) is 0 Å². The van der Waals surface area contributed by atoms with Gasteiger partial charge in [0.15, 0.2) is 0 Å². The normalized spacial score (nSPS) is 27.4. The zero-order valence-corrected chi connectivity index (χ0v) is 15.5. The highest BCUT2D eigenvalue weighted by molar-refractivity contribution is 6.00. The van der Waals surface area contributed by atoms with Crippen molar-refractivity contribution in [1.82, 2.24) is 10.2 Å². The van der Waals surface area contributed by atoms with Gasteiger partial charge in [-0.3, -0.25) is 9.59 Å². The van der Waals surface area contributed by atoms with Gasteiger partial charge in [0.1, 0.15) is 11.6 Å². The number of rotatable bonds is 5. The topological polar surface area (TPSA) is 122 Å². The maximum atomic E-state index is 13.7. The third kappa shape index (κ3) is 3.03. The zero-order chi connectivity index (χ0) is 19.8. The molecule has 8 nitrogen and oxygen atoms in total. The van der Waals surface area contributed by atoms with Gasteiger partial charge in [-0.25, -0.2) is 4.79 Å². The molecule has 0 radical (unpaired) electrons. The number of carbonyl (C=O) groups excluding carboxylic acids is 3. The van der Waals surface area contributed by atoms with Crippen molar-refractivity contribution in [2.75, 3.05) is 6.54 Å². The number of nitrogens with one attached hydrogen (secondary N) is 1. The van der Waals surface area contributed by atoms with E-state index in [0.717, 1.165) is 0 Å². The summed E-state index contributed by atoms with van der Waals surface area (Å²) in [6.07, 6.45) is -1.35. The number of ether oxygens (including phenoxy) is 1. The predicted octanol–water partition coefficient (Wildman–Crippen LogP) is 0.324. The van der Waals surface area contributed by atoms with Gasteiger partial charge < -0.3 is 25.8 Å². The number of nitrogens with two attached hydrogens (primary N) is 1. The lowest BCUT2D eigenvalue weighted by atomic mass is 9.83. The Balaban J connectivity index is 2.04. The van der Waals surface area contributed by atoms with E-state index in [2.05, 4.69) is 5.32 Å². The van der Waals surface area contributed by atoms with Crippen molar-refractivity contribution in [1.29, 1.82) is 0 Å². The number of primary amides is 1. The molecule has 2 unspecified atom stereocenters. The van der Waals surface area contributed by atoms with Crippen LogP contribution >= 0.6 is 0 Å². The summed E-state index contributed by atoms with van der Waals surface area (Å²) in [5.41, 5.74) is 3.10. The first kappa shape index (κ1) is 19.2. The fraction of sp³-hybridized carbons (Fsp3) is 0.526. The monoisotopic (exact) mass is 375 g/mol. The van der Waals surface area contributed by atoms with E-state index in [9.17, 15) is 19.5 Å². The number of hydrogen-bond donors (Lipinski definition) is 3. The van der Waals surface area contributed by atoms with Crippen LogP contribution < -0.4 is 11.1 Å². The molecule has 8 heteroatoms. The summed E-state index contributed by atoms with van der Waals surface area (Å²) in [5, 5.41) is 13.2. The minimum absolute atomic E-state index is 0.0474. The molecule has 3 amide bonds. The third-order valence-electron chi connectivity index (χ3n) is 5.69. The molecule has 2 fully saturated rings. The fourth-order valence-electron chi connectivity index (χ4n) is 4.12. The molecule has 1 aromatic carbocycles. The predicted molar refractivity (Wildman–Crippen MR) is 96.5 cm³/mol. The molecule has 0 aromatic heterocycles. The number of amides is 3. The average Bonchev–Trinajstić information content (AvgIpc) is 2.99. The van der Waals surface area contributed by atoms with Crippen molar-refractivity contribution in [3.05, 3.63) is 35.9 Å². The third-order valence-corrected chi connectivity index (χ3v) is 5.69. The van der Waals surface area contributed by atoms with Crippen LogP contribution in [0, 0.1) is 0 Å². The lowest BCUT2D eigenvalue weighted by molar-refractivity contribution is -0.175. The highest BCUT2D eigenvalue weighted by Gasteiger charge is 2.62. The van der Waals surface area contributed by atoms with Gasteiger partial charge >= 0.3 is 6.09 Å². The number of aliphatic hydroxyl groups excluding tert-OH is 1. The molecule has 0 aliphatic carbocycles. The molecule has 2 aliphatic heterocycles. The van der Waals surface area contributed by atoms with E-state index in [1.165, 1.54) is 11.8 Å². The Bertz CT molecular complexity index is 753. The van der Waals surface area contributed by atoms with E-state index in [0.29, 0.717) is 24.9 Å². The van der Waals surface area contributed by atoms with Crippen molar-refractivity contribution in [2.24, 2.45) is 5.73 Å². The first-order valence-electron chi connectivity index (χ1n) is 9.05. The van der Waals surface area contributed by atoms with Crippen LogP contribution in [0.1, 0.15) is 32.3 Å². The molecule has 1 aromatic rings. The lowest BCUT2D eigenvalue weighted by Crippen LogP contribution is -2.75. The van der Waals surface area contributed by atoms with Crippen LogP contribution in [-0.4, -0.2) is 57.7 Å². The Morgan fingerprint density at radius 2 is 2.11 bits per heavy atom. The summed E-state index contributed by atoms with van der Waals surface area (Å²) < 4.78 is 5.29. The van der Waals surface area contributed by atoms with Crippen LogP contribution in [0.2, 0.25) is 0 Å². The Kier molecular flexibility index (Phi) is 4.86. The second kappa shape index (κ2) is 6.84. The van der Waals surface area contributed by atoms with Crippen LogP contribution in [0.4, 0.5) is 4.79 Å². The Morgan fingerprint density at radius 1 is 1.44 bits per heavy atom. The highest BCUT2D eigenvalue weighted by Crippen LogP contribution is 2.41. The molecule has 2 saturated heterocycles. The van der Waals surface area contributed by atoms with E-state index in [4.69, 9.17) is 10.5 Å². The summed E-state index contributed by atoms with van der Waals surface area (Å²) >= 11 is 0. The summed E-state index contributed by atoms with van der Waals surface area (Å²) in [6.45, 7) is 3.58. The SMILES string of the molecule is CC1CCC2(CNC2=O)N1C(=O)[C@@](Cc1ccccc1)(OC(N)=O)[C@@H](C)O. The summed E-state index contributed by atoms with van der Waals surface area (Å²) in [7, 11) is 0. The van der Waals surface area contributed by atoms with Crippen LogP contribution in [0.3, 0.4) is 0 Å². The first-order chi connectivity index (χ1) is 12.7. The molecule has 4 N–H and O–H groups in total. The van der Waals surface area contributed by atoms with E-state index >= 15 is 0 Å². The summed E-state index contributed by atoms with van der Waals surface area (Å²) in [6, 6.07) is 8.71. The Morgan fingerprint density at radius 3 is 2.59 bits per heavy atom. The molecule has 0 bridgehead atoms. The standard InChI is InChI=1S/C19H25N3O5/c1-12-8-9-18(11-21-15(18)24)22(12)16(25)19(13(2)23,27-17(20)26)10-14-6-4-3-5-7-14/h3-7,12-13,23H,8-11H2,1-2H3,(H2,20,26)(H,21,24)/t12?,13-,18?,19+/m1/s1. The van der Waals surface area contributed by atoms with Gasteiger partial charge in [-0.15, -0.1) is 0 Å². The largest absolute Gasteiger partial charge is 0.430 e. The molecule has 2 heterocycles. The summed E-state index contributed by atoms with van der Waals surface area (Å²) in [5.74, 6) is -0.821. The fourth-order valence-corrected chi connectivity index (χ4v) is 4.12. The second-order valence-corrected chi connectivity index (χ2v) is 7.43. The van der Waals surface area contributed by atoms with Crippen molar-refractivity contribution < 1.29 is 24.2 Å². The quantitative estimate of drug-likeness (QED) is 0.640. The molecule has 2 aliphatic rings. The van der Waals surface area contributed by atoms with Crippen molar-refractivity contribution >= 4 is 17.9 Å². The second-order valence-electron chi connectivity index (χ2n) is 7.43. The zero-order valence-electron chi connectivity index (χ0n) is 15.5. The number of likely N-dealkylation sites (tertiary alicyclic amines) is 1. The molecule has 27 heavy (non-hydrogen) atoms. The van der Waals surface area contributed by atoms with Crippen LogP contribution in [-0.2, 0) is 20.7 Å². The van der Waals surface area contributed by atoms with Crippen LogP contribution in [0.15, 0.2) is 30.3 Å². The molecule has 146 valence electrons. The van der Waals surface area contributed by atoms with Crippen LogP contribution in [0.5, 0.6) is 0 Å². The Labute approximate surface area is 157 Å². The van der Waals surface area contributed by atoms with Crippen molar-refractivity contribution in [2.45, 2.75) is 56.4 Å². The number of aliphatic hydroxyl groups is 1. The maximum Gasteiger partial charge on any atom is 0.405 e. The smallest absolute Gasteiger partial charge is 0.405 e. The van der Waals surface area contributed by atoms with Gasteiger partial charge in [0.25, 0.3) is 5.91 Å². The van der Waals surface area contributed by atoms with E-state index in [-0.39, 0.29) is 18.4 Å². The molecular weight excluding hydrogens is 350 g/mol. The minimum atomic E-state index is -1.91.